The molecule has 0 bridgehead atoms. The van der Waals surface area contributed by atoms with E-state index in [1.807, 2.05) is 13.1 Å². The van der Waals surface area contributed by atoms with Crippen LogP contribution in [0.1, 0.15) is 31.4 Å². The lowest BCUT2D eigenvalue weighted by Crippen LogP contribution is -2.43. The maximum Gasteiger partial charge on any atom is 0.317 e. The first-order valence-corrected chi connectivity index (χ1v) is 5.90. The number of nitrogens with zero attached hydrogens (tertiary/aromatic N) is 3. The summed E-state index contributed by atoms with van der Waals surface area (Å²) in [7, 11) is 1.94. The summed E-state index contributed by atoms with van der Waals surface area (Å²) in [5.74, 6) is 0. The lowest BCUT2D eigenvalue weighted by atomic mass is 9.92. The van der Waals surface area contributed by atoms with Crippen LogP contribution in [0.3, 0.4) is 0 Å². The van der Waals surface area contributed by atoms with Crippen LogP contribution < -0.4 is 10.1 Å². The lowest BCUT2D eigenvalue weighted by molar-refractivity contribution is 0.107. The molecule has 2 rings (SSSR count). The average Bonchev–Trinajstić information content (AvgIpc) is 2.39. The van der Waals surface area contributed by atoms with Gasteiger partial charge in [0.05, 0.1) is 0 Å². The van der Waals surface area contributed by atoms with Gasteiger partial charge in [0, 0.05) is 12.2 Å². The van der Waals surface area contributed by atoms with Crippen molar-refractivity contribution in [2.24, 2.45) is 0 Å². The Balaban J connectivity index is 2.06. The van der Waals surface area contributed by atoms with Crippen molar-refractivity contribution in [3.63, 3.8) is 0 Å². The SMILES string of the molecule is CNC1CCCCC1Oc1nccc(C#N)n1. The Morgan fingerprint density at radius 1 is 1.47 bits per heavy atom. The molecule has 2 unspecified atom stereocenters. The molecule has 1 N–H and O–H groups in total. The van der Waals surface area contributed by atoms with E-state index in [-0.39, 0.29) is 6.10 Å². The molecule has 0 aliphatic heterocycles. The molecule has 0 saturated heterocycles. The fourth-order valence-electron chi connectivity index (χ4n) is 2.16. The molecule has 1 aliphatic carbocycles. The quantitative estimate of drug-likeness (QED) is 0.849. The zero-order chi connectivity index (χ0) is 12.1. The number of nitriles is 1. The minimum atomic E-state index is 0.0997. The third-order valence-electron chi connectivity index (χ3n) is 3.08. The highest BCUT2D eigenvalue weighted by Gasteiger charge is 2.26. The fraction of sp³-hybridized carbons (Fsp3) is 0.583. The number of ether oxygens (including phenoxy) is 1. The van der Waals surface area contributed by atoms with E-state index in [9.17, 15) is 0 Å². The first-order valence-electron chi connectivity index (χ1n) is 5.90. The summed E-state index contributed by atoms with van der Waals surface area (Å²) >= 11 is 0. The summed E-state index contributed by atoms with van der Waals surface area (Å²) in [6, 6.07) is 4.20. The van der Waals surface area contributed by atoms with Gasteiger partial charge in [-0.1, -0.05) is 6.42 Å². The normalized spacial score (nSPS) is 24.0. The van der Waals surface area contributed by atoms with Gasteiger partial charge in [0.2, 0.25) is 0 Å². The molecule has 90 valence electrons. The Hall–Kier alpha value is -1.67. The summed E-state index contributed by atoms with van der Waals surface area (Å²) in [5, 5.41) is 12.0. The number of rotatable bonds is 3. The van der Waals surface area contributed by atoms with E-state index >= 15 is 0 Å². The topological polar surface area (TPSA) is 70.8 Å². The van der Waals surface area contributed by atoms with E-state index in [1.165, 1.54) is 12.8 Å². The van der Waals surface area contributed by atoms with Gasteiger partial charge in [0.25, 0.3) is 0 Å². The minimum absolute atomic E-state index is 0.0997. The van der Waals surface area contributed by atoms with Gasteiger partial charge in [-0.3, -0.25) is 0 Å². The van der Waals surface area contributed by atoms with E-state index in [1.54, 1.807) is 12.3 Å². The molecule has 0 spiro atoms. The summed E-state index contributed by atoms with van der Waals surface area (Å²) in [6.45, 7) is 0. The van der Waals surface area contributed by atoms with E-state index in [4.69, 9.17) is 10.00 Å². The highest BCUT2D eigenvalue weighted by molar-refractivity contribution is 5.19. The van der Waals surface area contributed by atoms with Gasteiger partial charge < -0.3 is 10.1 Å². The van der Waals surface area contributed by atoms with E-state index < -0.39 is 0 Å². The molecule has 1 aromatic rings. The lowest BCUT2D eigenvalue weighted by Gasteiger charge is -2.30. The van der Waals surface area contributed by atoms with Gasteiger partial charge in [-0.15, -0.1) is 0 Å². The molecule has 5 nitrogen and oxygen atoms in total. The maximum atomic E-state index is 8.76. The van der Waals surface area contributed by atoms with Crippen LogP contribution in [0.4, 0.5) is 0 Å². The first kappa shape index (κ1) is 11.8. The first-order chi connectivity index (χ1) is 8.33. The molecule has 1 aliphatic rings. The van der Waals surface area contributed by atoms with Crippen molar-refractivity contribution in [2.45, 2.75) is 37.8 Å². The number of aromatic nitrogens is 2. The van der Waals surface area contributed by atoms with E-state index in [0.29, 0.717) is 17.7 Å². The monoisotopic (exact) mass is 232 g/mol. The molecule has 5 heteroatoms. The molecule has 2 atom stereocenters. The van der Waals surface area contributed by atoms with Crippen LogP contribution in [-0.2, 0) is 0 Å². The molecule has 1 heterocycles. The fourth-order valence-corrected chi connectivity index (χ4v) is 2.16. The zero-order valence-electron chi connectivity index (χ0n) is 9.89. The second-order valence-electron chi connectivity index (χ2n) is 4.17. The molecule has 0 amide bonds. The van der Waals surface area contributed by atoms with Gasteiger partial charge in [-0.2, -0.15) is 10.2 Å². The van der Waals surface area contributed by atoms with E-state index in [0.717, 1.165) is 12.8 Å². The number of hydrogen-bond donors (Lipinski definition) is 1. The van der Waals surface area contributed by atoms with Gasteiger partial charge in [-0.05, 0) is 32.4 Å². The third-order valence-corrected chi connectivity index (χ3v) is 3.08. The van der Waals surface area contributed by atoms with Crippen molar-refractivity contribution >= 4 is 0 Å². The van der Waals surface area contributed by atoms with Crippen LogP contribution in [0.25, 0.3) is 0 Å². The molecular formula is C12H16N4O. The highest BCUT2D eigenvalue weighted by Crippen LogP contribution is 2.21. The van der Waals surface area contributed by atoms with Crippen molar-refractivity contribution in [1.29, 1.82) is 5.26 Å². The van der Waals surface area contributed by atoms with Crippen LogP contribution in [0.15, 0.2) is 12.3 Å². The Morgan fingerprint density at radius 3 is 3.06 bits per heavy atom. The molecule has 1 saturated carbocycles. The molecular weight excluding hydrogens is 216 g/mol. The zero-order valence-corrected chi connectivity index (χ0v) is 9.89. The van der Waals surface area contributed by atoms with Crippen molar-refractivity contribution < 1.29 is 4.74 Å². The summed E-state index contributed by atoms with van der Waals surface area (Å²) < 4.78 is 5.77. The van der Waals surface area contributed by atoms with Crippen LogP contribution in [-0.4, -0.2) is 29.2 Å². The van der Waals surface area contributed by atoms with Gasteiger partial charge in [0.15, 0.2) is 0 Å². The Labute approximate surface area is 101 Å². The Morgan fingerprint density at radius 2 is 2.29 bits per heavy atom. The maximum absolute atomic E-state index is 8.76. The summed E-state index contributed by atoms with van der Waals surface area (Å²) in [5.41, 5.74) is 0.340. The number of likely N-dealkylation sites (N-methyl/N-ethyl adjacent to an activating group) is 1. The molecule has 0 radical (unpaired) electrons. The molecule has 1 fully saturated rings. The average molecular weight is 232 g/mol. The van der Waals surface area contributed by atoms with Crippen molar-refractivity contribution in [3.8, 4) is 12.1 Å². The predicted octanol–water partition coefficient (Wildman–Crippen LogP) is 1.26. The summed E-state index contributed by atoms with van der Waals surface area (Å²) in [6.07, 6.45) is 6.16. The second kappa shape index (κ2) is 5.60. The van der Waals surface area contributed by atoms with Crippen LogP contribution in [0.5, 0.6) is 6.01 Å². The number of nitrogens with one attached hydrogen (secondary N) is 1. The largest absolute Gasteiger partial charge is 0.458 e. The molecule has 17 heavy (non-hydrogen) atoms. The van der Waals surface area contributed by atoms with Crippen LogP contribution in [0.2, 0.25) is 0 Å². The predicted molar refractivity (Wildman–Crippen MR) is 62.5 cm³/mol. The minimum Gasteiger partial charge on any atom is -0.458 e. The number of hydrogen-bond acceptors (Lipinski definition) is 5. The second-order valence-corrected chi connectivity index (χ2v) is 4.17. The Bertz CT molecular complexity index is 415. The van der Waals surface area contributed by atoms with Crippen LogP contribution >= 0.6 is 0 Å². The standard InChI is InChI=1S/C12H16N4O/c1-14-10-4-2-3-5-11(10)17-12-15-7-6-9(8-13)16-12/h6-7,10-11,14H,2-5H2,1H3. The van der Waals surface area contributed by atoms with Crippen molar-refractivity contribution in [2.75, 3.05) is 7.05 Å². The van der Waals surface area contributed by atoms with Crippen LogP contribution in [0, 0.1) is 11.3 Å². The van der Waals surface area contributed by atoms with Gasteiger partial charge in [-0.25, -0.2) is 4.98 Å². The van der Waals surface area contributed by atoms with Gasteiger partial charge in [0.1, 0.15) is 17.9 Å². The Kier molecular flexibility index (Phi) is 3.89. The molecule has 0 aromatic carbocycles. The highest BCUT2D eigenvalue weighted by atomic mass is 16.5. The van der Waals surface area contributed by atoms with Crippen molar-refractivity contribution in [3.05, 3.63) is 18.0 Å². The smallest absolute Gasteiger partial charge is 0.317 e. The third kappa shape index (κ3) is 2.92. The summed E-state index contributed by atoms with van der Waals surface area (Å²) in [4.78, 5) is 8.07. The van der Waals surface area contributed by atoms with Gasteiger partial charge >= 0.3 is 6.01 Å². The molecule has 1 aromatic heterocycles. The van der Waals surface area contributed by atoms with Crippen molar-refractivity contribution in [1.82, 2.24) is 15.3 Å². The van der Waals surface area contributed by atoms with E-state index in [2.05, 4.69) is 15.3 Å².